The van der Waals surface area contributed by atoms with E-state index in [2.05, 4.69) is 5.32 Å². The molecule has 1 heterocycles. The van der Waals surface area contributed by atoms with Gasteiger partial charge in [-0.05, 0) is 30.9 Å². The Labute approximate surface area is 183 Å². The minimum atomic E-state index is -0.0587. The molecule has 1 saturated heterocycles. The Morgan fingerprint density at radius 3 is 2.46 bits per heavy atom. The Bertz CT molecular complexity index is 621. The first kappa shape index (κ1) is 23.7. The van der Waals surface area contributed by atoms with Gasteiger partial charge in [0.25, 0.3) is 0 Å². The maximum atomic E-state index is 11.9. The number of thioether (sulfide) groups is 2. The van der Waals surface area contributed by atoms with Crippen molar-refractivity contribution >= 4 is 61.2 Å². The molecule has 1 amide bonds. The fourth-order valence-corrected chi connectivity index (χ4v) is 7.26. The number of amides is 1. The largest absolute Gasteiger partial charge is 0.356 e. The molecule has 0 unspecified atom stereocenters. The Kier molecular flexibility index (Phi) is 12.2. The predicted molar refractivity (Wildman–Crippen MR) is 124 cm³/mol. The summed E-state index contributed by atoms with van der Waals surface area (Å²) in [7, 11) is 3.92. The van der Waals surface area contributed by atoms with E-state index in [9.17, 15) is 14.4 Å². The van der Waals surface area contributed by atoms with Crippen LogP contribution in [0.5, 0.6) is 0 Å². The van der Waals surface area contributed by atoms with Gasteiger partial charge in [-0.15, -0.1) is 0 Å². The molecular formula is C20H27NO3S4. The zero-order chi connectivity index (χ0) is 20.0. The lowest BCUT2D eigenvalue weighted by atomic mass is 10.1. The van der Waals surface area contributed by atoms with Crippen LogP contribution in [0.4, 0.5) is 0 Å². The summed E-state index contributed by atoms with van der Waals surface area (Å²) in [5.41, 5.74) is 0. The summed E-state index contributed by atoms with van der Waals surface area (Å²) in [6.45, 7) is 0.693. The highest BCUT2D eigenvalue weighted by Gasteiger charge is 2.15. The molecular weight excluding hydrogens is 430 g/mol. The summed E-state index contributed by atoms with van der Waals surface area (Å²) in [6.07, 6.45) is 4.20. The molecule has 1 aliphatic heterocycles. The average molecular weight is 458 g/mol. The Morgan fingerprint density at radius 2 is 1.71 bits per heavy atom. The van der Waals surface area contributed by atoms with Gasteiger partial charge in [0.05, 0.1) is 0 Å². The molecule has 0 aromatic heterocycles. The van der Waals surface area contributed by atoms with E-state index < -0.39 is 0 Å². The van der Waals surface area contributed by atoms with Gasteiger partial charge in [-0.1, -0.05) is 69.7 Å². The van der Waals surface area contributed by atoms with E-state index in [4.69, 9.17) is 0 Å². The van der Waals surface area contributed by atoms with Crippen molar-refractivity contribution in [2.24, 2.45) is 5.92 Å². The number of nitrogens with one attached hydrogen (secondary N) is 1. The van der Waals surface area contributed by atoms with Crippen LogP contribution in [-0.2, 0) is 14.4 Å². The van der Waals surface area contributed by atoms with Gasteiger partial charge in [-0.3, -0.25) is 14.4 Å². The zero-order valence-electron chi connectivity index (χ0n) is 15.9. The quantitative estimate of drug-likeness (QED) is 0.268. The van der Waals surface area contributed by atoms with Gasteiger partial charge in [-0.2, -0.15) is 0 Å². The van der Waals surface area contributed by atoms with E-state index >= 15 is 0 Å². The van der Waals surface area contributed by atoms with Crippen molar-refractivity contribution in [3.63, 3.8) is 0 Å². The molecule has 154 valence electrons. The SMILES string of the molecule is O=C(CCC(=O)SCCC(=O)Sc1ccccc1)NCCCCC1CSSC1. The summed E-state index contributed by atoms with van der Waals surface area (Å²) < 4.78 is 0. The number of hydrogen-bond acceptors (Lipinski definition) is 7. The lowest BCUT2D eigenvalue weighted by Crippen LogP contribution is -2.24. The minimum absolute atomic E-state index is 0.0242. The third kappa shape index (κ3) is 10.8. The van der Waals surface area contributed by atoms with Crippen molar-refractivity contribution in [1.82, 2.24) is 5.32 Å². The third-order valence-corrected chi connectivity index (χ3v) is 8.72. The number of benzene rings is 1. The highest BCUT2D eigenvalue weighted by atomic mass is 33.1. The molecule has 0 radical (unpaired) electrons. The van der Waals surface area contributed by atoms with Crippen LogP contribution < -0.4 is 5.32 Å². The molecule has 0 bridgehead atoms. The van der Waals surface area contributed by atoms with Gasteiger partial charge >= 0.3 is 0 Å². The fourth-order valence-electron chi connectivity index (χ4n) is 2.58. The number of carbonyl (C=O) groups is 3. The van der Waals surface area contributed by atoms with Crippen molar-refractivity contribution in [3.8, 4) is 0 Å². The van der Waals surface area contributed by atoms with Gasteiger partial charge in [0.15, 0.2) is 10.2 Å². The molecule has 1 aromatic rings. The molecule has 2 rings (SSSR count). The fraction of sp³-hybridized carbons (Fsp3) is 0.550. The molecule has 28 heavy (non-hydrogen) atoms. The molecule has 1 aliphatic rings. The normalized spacial score (nSPS) is 14.1. The topological polar surface area (TPSA) is 63.2 Å². The summed E-state index contributed by atoms with van der Waals surface area (Å²) >= 11 is 2.35. The van der Waals surface area contributed by atoms with E-state index in [1.165, 1.54) is 29.7 Å². The van der Waals surface area contributed by atoms with Crippen molar-refractivity contribution in [2.45, 2.75) is 43.4 Å². The Morgan fingerprint density at radius 1 is 0.964 bits per heavy atom. The second kappa shape index (κ2) is 14.4. The monoisotopic (exact) mass is 457 g/mol. The summed E-state index contributed by atoms with van der Waals surface area (Å²) in [5.74, 6) is 3.76. The lowest BCUT2D eigenvalue weighted by Gasteiger charge is -2.08. The van der Waals surface area contributed by atoms with Crippen LogP contribution in [0.2, 0.25) is 0 Å². The van der Waals surface area contributed by atoms with Crippen LogP contribution >= 0.6 is 45.1 Å². The van der Waals surface area contributed by atoms with Gasteiger partial charge in [0, 0.05) is 48.0 Å². The lowest BCUT2D eigenvalue weighted by molar-refractivity contribution is -0.123. The van der Waals surface area contributed by atoms with E-state index in [-0.39, 0.29) is 29.0 Å². The molecule has 0 aliphatic carbocycles. The van der Waals surface area contributed by atoms with E-state index in [1.807, 2.05) is 51.9 Å². The summed E-state index contributed by atoms with van der Waals surface area (Å²) in [4.78, 5) is 36.5. The second-order valence-corrected chi connectivity index (χ2v) is 11.4. The first-order valence-electron chi connectivity index (χ1n) is 9.56. The van der Waals surface area contributed by atoms with Gasteiger partial charge in [0.2, 0.25) is 5.91 Å². The molecule has 1 aromatic carbocycles. The zero-order valence-corrected chi connectivity index (χ0v) is 19.2. The Balaban J connectivity index is 1.44. The highest BCUT2D eigenvalue weighted by Crippen LogP contribution is 2.36. The van der Waals surface area contributed by atoms with Crippen LogP contribution in [0.1, 0.15) is 38.5 Å². The van der Waals surface area contributed by atoms with Gasteiger partial charge in [0.1, 0.15) is 0 Å². The molecule has 4 nitrogen and oxygen atoms in total. The van der Waals surface area contributed by atoms with Crippen molar-refractivity contribution in [2.75, 3.05) is 23.8 Å². The van der Waals surface area contributed by atoms with E-state index in [1.54, 1.807) is 0 Å². The molecule has 0 atom stereocenters. The van der Waals surface area contributed by atoms with Crippen LogP contribution in [0.3, 0.4) is 0 Å². The number of hydrogen-bond donors (Lipinski definition) is 1. The average Bonchev–Trinajstić information content (AvgIpc) is 3.20. The maximum Gasteiger partial charge on any atom is 0.220 e. The van der Waals surface area contributed by atoms with Crippen molar-refractivity contribution in [1.29, 1.82) is 0 Å². The summed E-state index contributed by atoms with van der Waals surface area (Å²) in [5, 5.41) is 2.93. The van der Waals surface area contributed by atoms with Crippen LogP contribution in [0.15, 0.2) is 35.2 Å². The first-order chi connectivity index (χ1) is 13.6. The van der Waals surface area contributed by atoms with Crippen molar-refractivity contribution in [3.05, 3.63) is 30.3 Å². The highest BCUT2D eigenvalue weighted by molar-refractivity contribution is 8.77. The molecule has 1 fully saturated rings. The molecule has 1 N–H and O–H groups in total. The standard InChI is InChI=1S/C20H27NO3S4/c22-18(21-12-5-4-6-16-14-26-27-15-16)9-10-19(23)25-13-11-20(24)28-17-7-2-1-3-8-17/h1-3,7-8,16H,4-6,9-15H2,(H,21,22). The van der Waals surface area contributed by atoms with Gasteiger partial charge < -0.3 is 5.32 Å². The van der Waals surface area contributed by atoms with E-state index in [0.717, 1.165) is 35.4 Å². The molecule has 0 saturated carbocycles. The number of rotatable bonds is 12. The second-order valence-electron chi connectivity index (χ2n) is 6.54. The third-order valence-electron chi connectivity index (χ3n) is 4.15. The van der Waals surface area contributed by atoms with Gasteiger partial charge in [-0.25, -0.2) is 0 Å². The molecule has 8 heteroatoms. The maximum absolute atomic E-state index is 11.9. The van der Waals surface area contributed by atoms with Crippen LogP contribution in [0.25, 0.3) is 0 Å². The minimum Gasteiger partial charge on any atom is -0.356 e. The number of carbonyl (C=O) groups excluding carboxylic acids is 3. The Hall–Kier alpha value is -0.570. The smallest absolute Gasteiger partial charge is 0.220 e. The summed E-state index contributed by atoms with van der Waals surface area (Å²) in [6, 6.07) is 9.49. The first-order valence-corrected chi connectivity index (χ1v) is 13.8. The van der Waals surface area contributed by atoms with Crippen LogP contribution in [0, 0.1) is 5.92 Å². The van der Waals surface area contributed by atoms with Crippen molar-refractivity contribution < 1.29 is 14.4 Å². The van der Waals surface area contributed by atoms with E-state index in [0.29, 0.717) is 18.7 Å². The predicted octanol–water partition coefficient (Wildman–Crippen LogP) is 5.03. The van der Waals surface area contributed by atoms with Crippen LogP contribution in [-0.4, -0.2) is 39.9 Å². The number of unbranched alkanes of at least 4 members (excludes halogenated alkanes) is 1. The molecule has 0 spiro atoms.